The molecule has 0 radical (unpaired) electrons. The molecule has 0 bridgehead atoms. The van der Waals surface area contributed by atoms with Crippen LogP contribution < -0.4 is 0 Å². The molecule has 2 aromatic heterocycles. The molecule has 0 atom stereocenters. The number of phenols is 1. The minimum absolute atomic E-state index is 0.108. The Morgan fingerprint density at radius 1 is 1.30 bits per heavy atom. The van der Waals surface area contributed by atoms with Crippen molar-refractivity contribution >= 4 is 11.6 Å². The summed E-state index contributed by atoms with van der Waals surface area (Å²) in [6.07, 6.45) is 1.62. The van der Waals surface area contributed by atoms with Crippen molar-refractivity contribution in [3.05, 3.63) is 48.2 Å². The molecule has 20 heavy (non-hydrogen) atoms. The Morgan fingerprint density at radius 3 is 2.85 bits per heavy atom. The summed E-state index contributed by atoms with van der Waals surface area (Å²) in [7, 11) is 1.32. The van der Waals surface area contributed by atoms with E-state index in [9.17, 15) is 9.90 Å². The monoisotopic (exact) mass is 269 g/mol. The van der Waals surface area contributed by atoms with Gasteiger partial charge in [0.15, 0.2) is 11.5 Å². The minimum Gasteiger partial charge on any atom is -0.507 e. The van der Waals surface area contributed by atoms with Crippen LogP contribution in [0.25, 0.3) is 17.0 Å². The van der Waals surface area contributed by atoms with Gasteiger partial charge in [0.05, 0.1) is 18.2 Å². The number of fused-ring (bicyclic) bond motifs is 1. The zero-order valence-electron chi connectivity index (χ0n) is 10.6. The van der Waals surface area contributed by atoms with Crippen LogP contribution in [0.4, 0.5) is 0 Å². The van der Waals surface area contributed by atoms with Gasteiger partial charge >= 0.3 is 5.97 Å². The number of pyridine rings is 1. The van der Waals surface area contributed by atoms with Gasteiger partial charge < -0.3 is 9.84 Å². The SMILES string of the molecule is COC(=O)c1ccn2nc(-c3ccccc3O)nc2c1. The van der Waals surface area contributed by atoms with Gasteiger partial charge in [0.2, 0.25) is 0 Å². The fraction of sp³-hybridized carbons (Fsp3) is 0.0714. The van der Waals surface area contributed by atoms with E-state index in [1.54, 1.807) is 42.6 Å². The summed E-state index contributed by atoms with van der Waals surface area (Å²) >= 11 is 0. The number of esters is 1. The van der Waals surface area contributed by atoms with Crippen molar-refractivity contribution in [2.45, 2.75) is 0 Å². The first-order valence-corrected chi connectivity index (χ1v) is 5.92. The average Bonchev–Trinajstić information content (AvgIpc) is 2.89. The van der Waals surface area contributed by atoms with Crippen LogP contribution in [-0.4, -0.2) is 32.8 Å². The maximum absolute atomic E-state index is 11.5. The smallest absolute Gasteiger partial charge is 0.338 e. The quantitative estimate of drug-likeness (QED) is 0.719. The van der Waals surface area contributed by atoms with E-state index < -0.39 is 5.97 Å². The van der Waals surface area contributed by atoms with Crippen LogP contribution in [0.2, 0.25) is 0 Å². The number of ether oxygens (including phenoxy) is 1. The van der Waals surface area contributed by atoms with E-state index in [1.807, 2.05) is 0 Å². The first-order chi connectivity index (χ1) is 9.69. The molecule has 0 aliphatic heterocycles. The van der Waals surface area contributed by atoms with Crippen LogP contribution in [0.3, 0.4) is 0 Å². The molecule has 1 N–H and O–H groups in total. The molecule has 3 rings (SSSR count). The predicted octanol–water partition coefficient (Wildman–Crippen LogP) is 1.89. The van der Waals surface area contributed by atoms with Crippen LogP contribution in [0.1, 0.15) is 10.4 Å². The highest BCUT2D eigenvalue weighted by atomic mass is 16.5. The van der Waals surface area contributed by atoms with Crippen LogP contribution in [0.15, 0.2) is 42.6 Å². The first-order valence-electron chi connectivity index (χ1n) is 5.92. The highest BCUT2D eigenvalue weighted by Gasteiger charge is 2.12. The van der Waals surface area contributed by atoms with Crippen molar-refractivity contribution in [1.82, 2.24) is 14.6 Å². The van der Waals surface area contributed by atoms with E-state index >= 15 is 0 Å². The van der Waals surface area contributed by atoms with Gasteiger partial charge in [-0.25, -0.2) is 14.3 Å². The number of hydrogen-bond acceptors (Lipinski definition) is 5. The molecule has 0 amide bonds. The maximum atomic E-state index is 11.5. The number of methoxy groups -OCH3 is 1. The number of rotatable bonds is 2. The van der Waals surface area contributed by atoms with Gasteiger partial charge in [0.1, 0.15) is 5.75 Å². The number of aromatic hydroxyl groups is 1. The van der Waals surface area contributed by atoms with Gasteiger partial charge in [0, 0.05) is 6.20 Å². The van der Waals surface area contributed by atoms with Crippen LogP contribution in [0, 0.1) is 0 Å². The average molecular weight is 269 g/mol. The summed E-state index contributed by atoms with van der Waals surface area (Å²) in [5.74, 6) is 0.0707. The zero-order valence-corrected chi connectivity index (χ0v) is 10.6. The van der Waals surface area contributed by atoms with E-state index in [1.165, 1.54) is 11.6 Å². The molecule has 0 saturated carbocycles. The fourth-order valence-corrected chi connectivity index (χ4v) is 1.90. The normalized spacial score (nSPS) is 10.7. The number of para-hydroxylation sites is 1. The van der Waals surface area contributed by atoms with Crippen molar-refractivity contribution in [3.8, 4) is 17.1 Å². The lowest BCUT2D eigenvalue weighted by Crippen LogP contribution is -2.02. The van der Waals surface area contributed by atoms with E-state index in [4.69, 9.17) is 0 Å². The topological polar surface area (TPSA) is 76.7 Å². The number of phenolic OH excluding ortho intramolecular Hbond substituents is 1. The number of carbonyl (C=O) groups is 1. The number of hydrogen-bond donors (Lipinski definition) is 1. The summed E-state index contributed by atoms with van der Waals surface area (Å²) in [5.41, 5.74) is 1.44. The highest BCUT2D eigenvalue weighted by Crippen LogP contribution is 2.26. The molecular formula is C14H11N3O3. The second-order valence-electron chi connectivity index (χ2n) is 4.16. The Labute approximate surface area is 114 Å². The number of nitrogens with zero attached hydrogens (tertiary/aromatic N) is 3. The molecule has 100 valence electrons. The largest absolute Gasteiger partial charge is 0.507 e. The van der Waals surface area contributed by atoms with Gasteiger partial charge in [-0.1, -0.05) is 12.1 Å². The summed E-state index contributed by atoms with van der Waals surface area (Å²) in [5, 5.41) is 14.1. The second kappa shape index (κ2) is 4.65. The Balaban J connectivity index is 2.12. The van der Waals surface area contributed by atoms with Crippen molar-refractivity contribution in [1.29, 1.82) is 0 Å². The van der Waals surface area contributed by atoms with Crippen molar-refractivity contribution in [2.75, 3.05) is 7.11 Å². The van der Waals surface area contributed by atoms with E-state index in [2.05, 4.69) is 14.8 Å². The van der Waals surface area contributed by atoms with Gasteiger partial charge in [-0.15, -0.1) is 5.10 Å². The number of carbonyl (C=O) groups excluding carboxylic acids is 1. The Bertz CT molecular complexity index is 795. The Morgan fingerprint density at radius 2 is 2.10 bits per heavy atom. The Kier molecular flexibility index (Phi) is 2.83. The number of aromatic nitrogens is 3. The molecule has 6 heteroatoms. The molecule has 3 aromatic rings. The fourth-order valence-electron chi connectivity index (χ4n) is 1.90. The van der Waals surface area contributed by atoms with Gasteiger partial charge in [0.25, 0.3) is 0 Å². The first kappa shape index (κ1) is 12.2. The van der Waals surface area contributed by atoms with Crippen LogP contribution >= 0.6 is 0 Å². The molecule has 1 aromatic carbocycles. The third-order valence-corrected chi connectivity index (χ3v) is 2.90. The predicted molar refractivity (Wildman–Crippen MR) is 71.4 cm³/mol. The summed E-state index contributed by atoms with van der Waals surface area (Å²) in [6, 6.07) is 10.0. The number of benzene rings is 1. The standard InChI is InChI=1S/C14H11N3O3/c1-20-14(19)9-6-7-17-12(8-9)15-13(16-17)10-4-2-3-5-11(10)18/h2-8,18H,1H3. The van der Waals surface area contributed by atoms with Gasteiger partial charge in [-0.2, -0.15) is 0 Å². The van der Waals surface area contributed by atoms with Gasteiger partial charge in [-0.05, 0) is 24.3 Å². The molecule has 0 aliphatic carbocycles. The Hall–Kier alpha value is -2.89. The minimum atomic E-state index is -0.431. The molecule has 0 unspecified atom stereocenters. The molecule has 0 fully saturated rings. The molecule has 0 aliphatic rings. The van der Waals surface area contributed by atoms with Gasteiger partial charge in [-0.3, -0.25) is 0 Å². The molecular weight excluding hydrogens is 258 g/mol. The molecule has 6 nitrogen and oxygen atoms in total. The van der Waals surface area contributed by atoms with Crippen molar-refractivity contribution < 1.29 is 14.6 Å². The molecule has 0 spiro atoms. The lowest BCUT2D eigenvalue weighted by molar-refractivity contribution is 0.0600. The molecule has 2 heterocycles. The van der Waals surface area contributed by atoms with Crippen LogP contribution in [-0.2, 0) is 4.74 Å². The van der Waals surface area contributed by atoms with E-state index in [0.717, 1.165) is 0 Å². The molecule has 0 saturated heterocycles. The third kappa shape index (κ3) is 1.97. The lowest BCUT2D eigenvalue weighted by Gasteiger charge is -1.97. The van der Waals surface area contributed by atoms with Crippen molar-refractivity contribution in [3.63, 3.8) is 0 Å². The maximum Gasteiger partial charge on any atom is 0.338 e. The van der Waals surface area contributed by atoms with Crippen LogP contribution in [0.5, 0.6) is 5.75 Å². The lowest BCUT2D eigenvalue weighted by atomic mass is 10.2. The summed E-state index contributed by atoms with van der Waals surface area (Å²) < 4.78 is 6.20. The zero-order chi connectivity index (χ0) is 14.1. The van der Waals surface area contributed by atoms with E-state index in [-0.39, 0.29) is 5.75 Å². The highest BCUT2D eigenvalue weighted by molar-refractivity contribution is 5.90. The van der Waals surface area contributed by atoms with Crippen molar-refractivity contribution in [2.24, 2.45) is 0 Å². The second-order valence-corrected chi connectivity index (χ2v) is 4.16. The summed E-state index contributed by atoms with van der Waals surface area (Å²) in [6.45, 7) is 0. The van der Waals surface area contributed by atoms with E-state index in [0.29, 0.717) is 22.6 Å². The summed E-state index contributed by atoms with van der Waals surface area (Å²) in [4.78, 5) is 15.8. The third-order valence-electron chi connectivity index (χ3n) is 2.90.